The Labute approximate surface area is 167 Å². The summed E-state index contributed by atoms with van der Waals surface area (Å²) in [4.78, 5) is 30.2. The van der Waals surface area contributed by atoms with E-state index >= 15 is 0 Å². The van der Waals surface area contributed by atoms with Gasteiger partial charge in [0.1, 0.15) is 0 Å². The van der Waals surface area contributed by atoms with Crippen LogP contribution in [0.5, 0.6) is 0 Å². The highest BCUT2D eigenvalue weighted by Crippen LogP contribution is 2.25. The number of anilines is 1. The van der Waals surface area contributed by atoms with E-state index in [1.54, 1.807) is 34.4 Å². The molecule has 1 aromatic carbocycles. The number of amides is 1. The Morgan fingerprint density at radius 1 is 1.36 bits per heavy atom. The fourth-order valence-corrected chi connectivity index (χ4v) is 3.84. The van der Waals surface area contributed by atoms with Gasteiger partial charge >= 0.3 is 0 Å². The summed E-state index contributed by atoms with van der Waals surface area (Å²) < 4.78 is 3.28. The fraction of sp³-hybridized carbons (Fsp3) is 0.300. The smallest absolute Gasteiger partial charge is 0.262 e. The summed E-state index contributed by atoms with van der Waals surface area (Å²) in [5.41, 5.74) is 2.84. The summed E-state index contributed by atoms with van der Waals surface area (Å²) in [5.74, 6) is -0.170. The van der Waals surface area contributed by atoms with Crippen molar-refractivity contribution in [2.75, 3.05) is 5.32 Å². The number of allylic oxidation sites excluding steroid dienone is 1. The summed E-state index contributed by atoms with van der Waals surface area (Å²) in [7, 11) is 1.84. The van der Waals surface area contributed by atoms with Crippen LogP contribution in [0, 0.1) is 13.8 Å². The minimum Gasteiger partial charge on any atom is -0.322 e. The van der Waals surface area contributed by atoms with Gasteiger partial charge in [0.25, 0.3) is 5.56 Å². The van der Waals surface area contributed by atoms with E-state index < -0.39 is 5.25 Å². The van der Waals surface area contributed by atoms with E-state index in [2.05, 4.69) is 22.0 Å². The highest BCUT2D eigenvalue weighted by molar-refractivity contribution is 8.00. The second-order valence-corrected chi connectivity index (χ2v) is 7.84. The fourth-order valence-electron chi connectivity index (χ4n) is 2.92. The van der Waals surface area contributed by atoms with Crippen molar-refractivity contribution in [1.82, 2.24) is 19.3 Å². The number of para-hydroxylation sites is 1. The van der Waals surface area contributed by atoms with Crippen molar-refractivity contribution >= 4 is 34.3 Å². The maximum atomic E-state index is 12.8. The molecule has 1 N–H and O–H groups in total. The molecule has 0 fully saturated rings. The average Bonchev–Trinajstić information content (AvgIpc) is 2.91. The summed E-state index contributed by atoms with van der Waals surface area (Å²) in [5, 5.41) is 7.85. The number of nitrogens with zero attached hydrogens (tertiary/aromatic N) is 4. The van der Waals surface area contributed by atoms with E-state index in [1.165, 1.54) is 11.8 Å². The number of hydrogen-bond donors (Lipinski definition) is 1. The quantitative estimate of drug-likeness (QED) is 0.393. The minimum atomic E-state index is -0.455. The molecule has 0 aliphatic heterocycles. The number of fused-ring (bicyclic) bond motifs is 1. The monoisotopic (exact) mass is 397 g/mol. The Hall–Kier alpha value is -2.87. The number of aromatic nitrogens is 4. The molecule has 0 saturated heterocycles. The minimum absolute atomic E-state index is 0.139. The molecule has 0 spiro atoms. The van der Waals surface area contributed by atoms with E-state index in [1.807, 2.05) is 33.0 Å². The maximum absolute atomic E-state index is 12.8. The van der Waals surface area contributed by atoms with E-state index in [0.29, 0.717) is 22.6 Å². The number of nitrogens with one attached hydrogen (secondary N) is 1. The van der Waals surface area contributed by atoms with Crippen molar-refractivity contribution < 1.29 is 4.79 Å². The van der Waals surface area contributed by atoms with Gasteiger partial charge in [0.05, 0.1) is 33.2 Å². The van der Waals surface area contributed by atoms with Crippen LogP contribution in [0.25, 0.3) is 10.9 Å². The van der Waals surface area contributed by atoms with Crippen molar-refractivity contribution in [1.29, 1.82) is 0 Å². The Balaban J connectivity index is 1.90. The lowest BCUT2D eigenvalue weighted by molar-refractivity contribution is -0.115. The van der Waals surface area contributed by atoms with Gasteiger partial charge in [-0.3, -0.25) is 18.8 Å². The summed E-state index contributed by atoms with van der Waals surface area (Å²) in [6.07, 6.45) is 1.65. The van der Waals surface area contributed by atoms with E-state index in [4.69, 9.17) is 0 Å². The number of hydrogen-bond acceptors (Lipinski definition) is 5. The van der Waals surface area contributed by atoms with Gasteiger partial charge in [-0.1, -0.05) is 30.0 Å². The zero-order valence-corrected chi connectivity index (χ0v) is 17.2. The lowest BCUT2D eigenvalue weighted by atomic mass is 10.2. The third-order valence-corrected chi connectivity index (χ3v) is 5.64. The molecule has 3 rings (SSSR count). The summed E-state index contributed by atoms with van der Waals surface area (Å²) in [6.45, 7) is 9.60. The summed E-state index contributed by atoms with van der Waals surface area (Å²) >= 11 is 1.25. The number of rotatable bonds is 6. The molecule has 1 amide bonds. The van der Waals surface area contributed by atoms with E-state index in [0.717, 1.165) is 17.1 Å². The van der Waals surface area contributed by atoms with Gasteiger partial charge < -0.3 is 5.32 Å². The van der Waals surface area contributed by atoms with Gasteiger partial charge in [0, 0.05) is 13.6 Å². The number of benzene rings is 1. The highest BCUT2D eigenvalue weighted by atomic mass is 32.2. The van der Waals surface area contributed by atoms with Crippen molar-refractivity contribution in [3.05, 3.63) is 58.7 Å². The number of carbonyl (C=O) groups excluding carboxylic acids is 1. The molecule has 0 aliphatic carbocycles. The molecule has 3 aromatic rings. The second kappa shape index (κ2) is 8.02. The van der Waals surface area contributed by atoms with Crippen LogP contribution >= 0.6 is 11.8 Å². The molecule has 8 heteroatoms. The molecule has 2 heterocycles. The van der Waals surface area contributed by atoms with Gasteiger partial charge in [-0.2, -0.15) is 5.10 Å². The van der Waals surface area contributed by atoms with Gasteiger partial charge in [-0.15, -0.1) is 6.58 Å². The Morgan fingerprint density at radius 2 is 2.07 bits per heavy atom. The predicted octanol–water partition coefficient (Wildman–Crippen LogP) is 3.05. The largest absolute Gasteiger partial charge is 0.322 e. The normalized spacial score (nSPS) is 12.1. The molecule has 0 radical (unpaired) electrons. The molecular formula is C20H23N5O2S. The Bertz CT molecular complexity index is 1120. The molecule has 146 valence electrons. The first-order chi connectivity index (χ1) is 13.3. The molecule has 0 bridgehead atoms. The first kappa shape index (κ1) is 19.9. The van der Waals surface area contributed by atoms with Crippen LogP contribution in [0.15, 0.2) is 46.9 Å². The highest BCUT2D eigenvalue weighted by Gasteiger charge is 2.21. The molecule has 0 unspecified atom stereocenters. The Morgan fingerprint density at radius 3 is 2.71 bits per heavy atom. The van der Waals surface area contributed by atoms with E-state index in [-0.39, 0.29) is 11.5 Å². The van der Waals surface area contributed by atoms with Gasteiger partial charge in [-0.05, 0) is 32.9 Å². The topological polar surface area (TPSA) is 81.8 Å². The van der Waals surface area contributed by atoms with Crippen molar-refractivity contribution in [2.24, 2.45) is 7.05 Å². The zero-order valence-electron chi connectivity index (χ0n) is 16.4. The third-order valence-electron chi connectivity index (χ3n) is 4.55. The second-order valence-electron chi connectivity index (χ2n) is 6.53. The molecule has 28 heavy (non-hydrogen) atoms. The van der Waals surface area contributed by atoms with Gasteiger partial charge in [0.15, 0.2) is 5.16 Å². The summed E-state index contributed by atoms with van der Waals surface area (Å²) in [6, 6.07) is 7.20. The molecular weight excluding hydrogens is 374 g/mol. The van der Waals surface area contributed by atoms with Crippen molar-refractivity contribution in [3.8, 4) is 0 Å². The third kappa shape index (κ3) is 3.73. The average molecular weight is 398 g/mol. The van der Waals surface area contributed by atoms with Crippen LogP contribution in [0.3, 0.4) is 0 Å². The van der Waals surface area contributed by atoms with Gasteiger partial charge in [-0.25, -0.2) is 4.98 Å². The van der Waals surface area contributed by atoms with Crippen LogP contribution in [0.2, 0.25) is 0 Å². The van der Waals surface area contributed by atoms with Crippen molar-refractivity contribution in [3.63, 3.8) is 0 Å². The van der Waals surface area contributed by atoms with Crippen LogP contribution in [0.4, 0.5) is 5.69 Å². The maximum Gasteiger partial charge on any atom is 0.262 e. The lowest BCUT2D eigenvalue weighted by Gasteiger charge is -2.15. The zero-order chi connectivity index (χ0) is 20.4. The molecule has 2 aromatic heterocycles. The van der Waals surface area contributed by atoms with Crippen LogP contribution in [-0.4, -0.2) is 30.5 Å². The Kier molecular flexibility index (Phi) is 5.69. The van der Waals surface area contributed by atoms with Crippen molar-refractivity contribution in [2.45, 2.75) is 37.7 Å². The molecule has 1 atom stereocenters. The predicted molar refractivity (Wildman–Crippen MR) is 113 cm³/mol. The first-order valence-corrected chi connectivity index (χ1v) is 9.79. The standard InChI is InChI=1S/C20H23N5O2S/c1-6-11-25-19(27)15-9-7-8-10-16(15)21-20(25)28-14(4)18(26)22-17-12(2)23-24(5)13(17)3/h6-10,14H,1,11H2,2-5H3,(H,22,26)/t14-/m1/s1. The lowest BCUT2D eigenvalue weighted by Crippen LogP contribution is -2.27. The number of thioether (sulfide) groups is 1. The number of aryl methyl sites for hydroxylation is 2. The molecule has 7 nitrogen and oxygen atoms in total. The van der Waals surface area contributed by atoms with Gasteiger partial charge in [0.2, 0.25) is 5.91 Å². The SMILES string of the molecule is C=CCn1c(S[C@H](C)C(=O)Nc2c(C)nn(C)c2C)nc2ccccc2c1=O. The van der Waals surface area contributed by atoms with Crippen LogP contribution < -0.4 is 10.9 Å². The first-order valence-electron chi connectivity index (χ1n) is 8.91. The van der Waals surface area contributed by atoms with Crippen LogP contribution in [0.1, 0.15) is 18.3 Å². The van der Waals surface area contributed by atoms with E-state index in [9.17, 15) is 9.59 Å². The molecule has 0 saturated carbocycles. The molecule has 0 aliphatic rings. The van der Waals surface area contributed by atoms with Crippen LogP contribution in [-0.2, 0) is 18.4 Å². The number of carbonyl (C=O) groups is 1.